The van der Waals surface area contributed by atoms with E-state index in [1.54, 1.807) is 29.2 Å². The van der Waals surface area contributed by atoms with Gasteiger partial charge in [-0.05, 0) is 30.2 Å². The van der Waals surface area contributed by atoms with Gasteiger partial charge in [-0.15, -0.1) is 5.10 Å². The molecule has 1 aliphatic heterocycles. The molecule has 0 amide bonds. The van der Waals surface area contributed by atoms with Gasteiger partial charge in [0.25, 0.3) is 0 Å². The minimum atomic E-state index is -3.47. The van der Waals surface area contributed by atoms with Crippen molar-refractivity contribution in [2.45, 2.75) is 17.9 Å². The Morgan fingerprint density at radius 1 is 1.40 bits per heavy atom. The van der Waals surface area contributed by atoms with Crippen molar-refractivity contribution >= 4 is 15.7 Å². The summed E-state index contributed by atoms with van der Waals surface area (Å²) in [5.41, 5.74) is 2.07. The Balaban J connectivity index is 1.68. The molecule has 7 nitrogen and oxygen atoms in total. The minimum Gasteiger partial charge on any atom is -0.384 e. The second-order valence-corrected chi connectivity index (χ2v) is 6.33. The maximum absolute atomic E-state index is 12.2. The highest BCUT2D eigenvalue weighted by Crippen LogP contribution is 2.24. The highest BCUT2D eigenvalue weighted by Gasteiger charge is 2.17. The average Bonchev–Trinajstić information content (AvgIpc) is 3.08. The molecule has 2 aromatic rings. The molecule has 1 aromatic heterocycles. The summed E-state index contributed by atoms with van der Waals surface area (Å²) in [5.74, 6) is 0. The van der Waals surface area contributed by atoms with Crippen molar-refractivity contribution in [2.24, 2.45) is 0 Å². The summed E-state index contributed by atoms with van der Waals surface area (Å²) in [6, 6.07) is 5.16. The van der Waals surface area contributed by atoms with Gasteiger partial charge in [-0.25, -0.2) is 13.1 Å². The van der Waals surface area contributed by atoms with Crippen molar-refractivity contribution in [3.63, 3.8) is 0 Å². The molecule has 0 bridgehead atoms. The lowest BCUT2D eigenvalue weighted by atomic mass is 10.2. The molecule has 0 saturated heterocycles. The zero-order valence-electron chi connectivity index (χ0n) is 10.8. The number of rotatable bonds is 5. The molecular formula is C12H15N5O2S. The van der Waals surface area contributed by atoms with E-state index >= 15 is 0 Å². The molecule has 3 rings (SSSR count). The molecule has 1 aliphatic rings. The molecule has 2 heterocycles. The van der Waals surface area contributed by atoms with Crippen LogP contribution in [-0.4, -0.2) is 36.5 Å². The first-order chi connectivity index (χ1) is 9.65. The largest absolute Gasteiger partial charge is 0.384 e. The van der Waals surface area contributed by atoms with Crippen molar-refractivity contribution in [1.29, 1.82) is 0 Å². The van der Waals surface area contributed by atoms with Crippen LogP contribution in [0.15, 0.2) is 35.5 Å². The Labute approximate surface area is 117 Å². The standard InChI is InChI=1S/C12H15N5O2S/c18-20(19,15-6-8-17-7-5-14-16-17)11-1-2-12-10(9-11)3-4-13-12/h1-2,5,7,9,13,15H,3-4,6,8H2. The molecule has 106 valence electrons. The van der Waals surface area contributed by atoms with Crippen LogP contribution in [0.5, 0.6) is 0 Å². The number of fused-ring (bicyclic) bond motifs is 1. The molecule has 0 aliphatic carbocycles. The van der Waals surface area contributed by atoms with E-state index in [0.29, 0.717) is 11.4 Å². The molecular weight excluding hydrogens is 278 g/mol. The minimum absolute atomic E-state index is 0.279. The van der Waals surface area contributed by atoms with Crippen LogP contribution in [0.2, 0.25) is 0 Å². The van der Waals surface area contributed by atoms with Gasteiger partial charge in [0, 0.05) is 25.0 Å². The maximum Gasteiger partial charge on any atom is 0.240 e. The van der Waals surface area contributed by atoms with Gasteiger partial charge in [0.2, 0.25) is 10.0 Å². The normalized spacial score (nSPS) is 14.0. The number of anilines is 1. The van der Waals surface area contributed by atoms with Gasteiger partial charge in [-0.3, -0.25) is 4.68 Å². The van der Waals surface area contributed by atoms with Crippen LogP contribution in [0.25, 0.3) is 0 Å². The second-order valence-electron chi connectivity index (χ2n) is 4.56. The average molecular weight is 293 g/mol. The lowest BCUT2D eigenvalue weighted by molar-refractivity contribution is 0.553. The fraction of sp³-hybridized carbons (Fsp3) is 0.333. The summed E-state index contributed by atoms with van der Waals surface area (Å²) in [4.78, 5) is 0.304. The van der Waals surface area contributed by atoms with E-state index < -0.39 is 10.0 Å². The zero-order chi connectivity index (χ0) is 14.0. The smallest absolute Gasteiger partial charge is 0.240 e. The van der Waals surface area contributed by atoms with Gasteiger partial charge in [0.15, 0.2) is 0 Å². The molecule has 8 heteroatoms. The summed E-state index contributed by atoms with van der Waals surface area (Å²) < 4.78 is 28.5. The fourth-order valence-electron chi connectivity index (χ4n) is 2.18. The molecule has 2 N–H and O–H groups in total. The first kappa shape index (κ1) is 13.1. The Kier molecular flexibility index (Phi) is 3.41. The SMILES string of the molecule is O=S(=O)(NCCn1ccnn1)c1ccc2c(c1)CCN2. The number of hydrogen-bond donors (Lipinski definition) is 2. The van der Waals surface area contributed by atoms with Gasteiger partial charge >= 0.3 is 0 Å². The summed E-state index contributed by atoms with van der Waals surface area (Å²) in [7, 11) is -3.47. The lowest BCUT2D eigenvalue weighted by Gasteiger charge is -2.08. The van der Waals surface area contributed by atoms with Crippen LogP contribution < -0.4 is 10.0 Å². The Morgan fingerprint density at radius 3 is 3.10 bits per heavy atom. The number of hydrogen-bond acceptors (Lipinski definition) is 5. The van der Waals surface area contributed by atoms with Gasteiger partial charge in [-0.2, -0.15) is 0 Å². The van der Waals surface area contributed by atoms with Crippen LogP contribution in [0.4, 0.5) is 5.69 Å². The molecule has 0 spiro atoms. The van der Waals surface area contributed by atoms with Gasteiger partial charge in [0.1, 0.15) is 0 Å². The van der Waals surface area contributed by atoms with E-state index in [1.807, 2.05) is 6.07 Å². The maximum atomic E-state index is 12.2. The molecule has 0 saturated carbocycles. The quantitative estimate of drug-likeness (QED) is 0.823. The van der Waals surface area contributed by atoms with Crippen LogP contribution in [0.1, 0.15) is 5.56 Å². The van der Waals surface area contributed by atoms with Crippen LogP contribution in [0.3, 0.4) is 0 Å². The van der Waals surface area contributed by atoms with Crippen LogP contribution >= 0.6 is 0 Å². The first-order valence-electron chi connectivity index (χ1n) is 6.36. The predicted molar refractivity (Wildman–Crippen MR) is 73.8 cm³/mol. The Morgan fingerprint density at radius 2 is 2.30 bits per heavy atom. The Bertz CT molecular complexity index is 697. The van der Waals surface area contributed by atoms with Gasteiger partial charge in [0.05, 0.1) is 17.6 Å². The van der Waals surface area contributed by atoms with Gasteiger partial charge < -0.3 is 5.32 Å². The van der Waals surface area contributed by atoms with Gasteiger partial charge in [-0.1, -0.05) is 5.21 Å². The van der Waals surface area contributed by atoms with Crippen molar-refractivity contribution in [2.75, 3.05) is 18.4 Å². The third-order valence-corrected chi connectivity index (χ3v) is 4.66. The number of aromatic nitrogens is 3. The predicted octanol–water partition coefficient (Wildman–Crippen LogP) is 0.225. The highest BCUT2D eigenvalue weighted by atomic mass is 32.2. The fourth-order valence-corrected chi connectivity index (χ4v) is 3.25. The topological polar surface area (TPSA) is 88.9 Å². The summed E-state index contributed by atoms with van der Waals surface area (Å²) in [5, 5.41) is 10.6. The number of sulfonamides is 1. The molecule has 1 aromatic carbocycles. The van der Waals surface area contributed by atoms with Crippen molar-refractivity contribution in [1.82, 2.24) is 19.7 Å². The summed E-state index contributed by atoms with van der Waals surface area (Å²) in [6.45, 7) is 1.59. The Hall–Kier alpha value is -1.93. The lowest BCUT2D eigenvalue weighted by Crippen LogP contribution is -2.27. The molecule has 0 fully saturated rings. The third-order valence-electron chi connectivity index (χ3n) is 3.20. The van der Waals surface area contributed by atoms with Crippen molar-refractivity contribution < 1.29 is 8.42 Å². The monoisotopic (exact) mass is 293 g/mol. The van der Waals surface area contributed by atoms with Crippen LogP contribution in [-0.2, 0) is 23.0 Å². The van der Waals surface area contributed by atoms with Crippen molar-refractivity contribution in [3.05, 3.63) is 36.2 Å². The molecule has 0 radical (unpaired) electrons. The van der Waals surface area contributed by atoms with E-state index in [-0.39, 0.29) is 6.54 Å². The van der Waals surface area contributed by atoms with E-state index in [0.717, 1.165) is 24.2 Å². The third kappa shape index (κ3) is 2.66. The van der Waals surface area contributed by atoms with E-state index in [9.17, 15) is 8.42 Å². The molecule has 20 heavy (non-hydrogen) atoms. The summed E-state index contributed by atoms with van der Waals surface area (Å²) in [6.07, 6.45) is 4.11. The highest BCUT2D eigenvalue weighted by molar-refractivity contribution is 7.89. The molecule has 0 unspecified atom stereocenters. The number of benzene rings is 1. The van der Waals surface area contributed by atoms with Crippen LogP contribution in [0, 0.1) is 0 Å². The van der Waals surface area contributed by atoms with E-state index in [4.69, 9.17) is 0 Å². The number of nitrogens with one attached hydrogen (secondary N) is 2. The number of nitrogens with zero attached hydrogens (tertiary/aromatic N) is 3. The van der Waals surface area contributed by atoms with E-state index in [2.05, 4.69) is 20.4 Å². The molecule has 0 atom stereocenters. The van der Waals surface area contributed by atoms with E-state index in [1.165, 1.54) is 0 Å². The summed E-state index contributed by atoms with van der Waals surface area (Å²) >= 11 is 0. The first-order valence-corrected chi connectivity index (χ1v) is 7.84. The van der Waals surface area contributed by atoms with Crippen molar-refractivity contribution in [3.8, 4) is 0 Å². The zero-order valence-corrected chi connectivity index (χ0v) is 11.6. The second kappa shape index (κ2) is 5.22.